The monoisotopic (exact) mass is 217 g/mol. The van der Waals surface area contributed by atoms with Crippen LogP contribution < -0.4 is 0 Å². The van der Waals surface area contributed by atoms with E-state index in [9.17, 15) is 5.11 Å². The summed E-state index contributed by atoms with van der Waals surface area (Å²) in [5.74, 6) is 0. The Kier molecular flexibility index (Phi) is 3.01. The predicted molar refractivity (Wildman–Crippen MR) is 61.0 cm³/mol. The standard InChI is InChI=1S/C12H15N3O/c1-8-3-4-10(5-9(8)2)6-12(16)11-7-13-15-14-11/h3-5,7,12,16H,6H2,1-2H3,(H,13,14,15). The molecule has 0 bridgehead atoms. The maximum absolute atomic E-state index is 9.90. The van der Waals surface area contributed by atoms with Gasteiger partial charge in [0.25, 0.3) is 0 Å². The molecule has 0 saturated heterocycles. The van der Waals surface area contributed by atoms with Crippen LogP contribution >= 0.6 is 0 Å². The van der Waals surface area contributed by atoms with Crippen molar-refractivity contribution in [1.82, 2.24) is 15.4 Å². The number of aromatic nitrogens is 3. The molecule has 0 spiro atoms. The van der Waals surface area contributed by atoms with Crippen molar-refractivity contribution in [2.45, 2.75) is 26.4 Å². The summed E-state index contributed by atoms with van der Waals surface area (Å²) >= 11 is 0. The van der Waals surface area contributed by atoms with Crippen molar-refractivity contribution in [2.75, 3.05) is 0 Å². The number of benzene rings is 1. The Labute approximate surface area is 94.3 Å². The number of rotatable bonds is 3. The number of aliphatic hydroxyl groups excluding tert-OH is 1. The molecule has 0 saturated carbocycles. The average molecular weight is 217 g/mol. The van der Waals surface area contributed by atoms with E-state index in [1.165, 1.54) is 11.1 Å². The zero-order valence-electron chi connectivity index (χ0n) is 9.44. The molecule has 0 aliphatic carbocycles. The fraction of sp³-hybridized carbons (Fsp3) is 0.333. The smallest absolute Gasteiger partial charge is 0.111 e. The highest BCUT2D eigenvalue weighted by Crippen LogP contribution is 2.17. The van der Waals surface area contributed by atoms with E-state index in [1.54, 1.807) is 6.20 Å². The van der Waals surface area contributed by atoms with Crippen LogP contribution in [0.1, 0.15) is 28.5 Å². The minimum Gasteiger partial charge on any atom is -0.386 e. The molecule has 16 heavy (non-hydrogen) atoms. The zero-order valence-corrected chi connectivity index (χ0v) is 9.44. The maximum atomic E-state index is 9.90. The molecule has 0 aliphatic rings. The first-order valence-corrected chi connectivity index (χ1v) is 5.26. The number of aliphatic hydroxyl groups is 1. The van der Waals surface area contributed by atoms with Crippen LogP contribution in [0.4, 0.5) is 0 Å². The molecule has 1 atom stereocenters. The van der Waals surface area contributed by atoms with E-state index in [0.29, 0.717) is 12.1 Å². The molecule has 4 nitrogen and oxygen atoms in total. The van der Waals surface area contributed by atoms with Gasteiger partial charge in [-0.1, -0.05) is 18.2 Å². The maximum Gasteiger partial charge on any atom is 0.111 e. The summed E-state index contributed by atoms with van der Waals surface area (Å²) in [5, 5.41) is 19.9. The normalized spacial score (nSPS) is 12.7. The van der Waals surface area contributed by atoms with Gasteiger partial charge in [-0.15, -0.1) is 0 Å². The largest absolute Gasteiger partial charge is 0.386 e. The van der Waals surface area contributed by atoms with Crippen molar-refractivity contribution in [3.63, 3.8) is 0 Å². The van der Waals surface area contributed by atoms with E-state index in [0.717, 1.165) is 5.56 Å². The topological polar surface area (TPSA) is 61.8 Å². The molecule has 0 amide bonds. The van der Waals surface area contributed by atoms with Crippen molar-refractivity contribution in [1.29, 1.82) is 0 Å². The Morgan fingerprint density at radius 1 is 1.31 bits per heavy atom. The third kappa shape index (κ3) is 2.28. The number of aryl methyl sites for hydroxylation is 2. The summed E-state index contributed by atoms with van der Waals surface area (Å²) in [5.41, 5.74) is 4.20. The molecule has 0 fully saturated rings. The van der Waals surface area contributed by atoms with E-state index < -0.39 is 6.10 Å². The fourth-order valence-corrected chi connectivity index (χ4v) is 1.63. The molecule has 2 N–H and O–H groups in total. The van der Waals surface area contributed by atoms with E-state index in [1.807, 2.05) is 6.07 Å². The minimum atomic E-state index is -0.596. The molecule has 1 heterocycles. The molecule has 0 aliphatic heterocycles. The van der Waals surface area contributed by atoms with Crippen molar-refractivity contribution < 1.29 is 5.11 Å². The summed E-state index contributed by atoms with van der Waals surface area (Å²) in [6.07, 6.45) is 1.51. The lowest BCUT2D eigenvalue weighted by molar-refractivity contribution is 0.173. The summed E-state index contributed by atoms with van der Waals surface area (Å²) < 4.78 is 0. The Bertz CT molecular complexity index is 465. The summed E-state index contributed by atoms with van der Waals surface area (Å²) in [4.78, 5) is 0. The zero-order chi connectivity index (χ0) is 11.5. The van der Waals surface area contributed by atoms with Crippen LogP contribution in [0.15, 0.2) is 24.4 Å². The average Bonchev–Trinajstić information content (AvgIpc) is 2.77. The van der Waals surface area contributed by atoms with Crippen LogP contribution in [-0.2, 0) is 6.42 Å². The van der Waals surface area contributed by atoms with E-state index in [4.69, 9.17) is 0 Å². The van der Waals surface area contributed by atoms with Crippen LogP contribution in [0.2, 0.25) is 0 Å². The molecule has 1 aromatic heterocycles. The van der Waals surface area contributed by atoms with Crippen molar-refractivity contribution >= 4 is 0 Å². The second kappa shape index (κ2) is 4.45. The predicted octanol–water partition coefficient (Wildman–Crippen LogP) is 1.70. The molecular weight excluding hydrogens is 202 g/mol. The number of H-pyrrole nitrogens is 1. The molecular formula is C12H15N3O. The molecule has 2 aromatic rings. The van der Waals surface area contributed by atoms with Gasteiger partial charge in [0.1, 0.15) is 11.8 Å². The third-order valence-corrected chi connectivity index (χ3v) is 2.78. The van der Waals surface area contributed by atoms with Gasteiger partial charge < -0.3 is 5.11 Å². The number of aromatic amines is 1. The lowest BCUT2D eigenvalue weighted by atomic mass is 10.0. The highest BCUT2D eigenvalue weighted by molar-refractivity contribution is 5.30. The second-order valence-corrected chi connectivity index (χ2v) is 4.03. The van der Waals surface area contributed by atoms with Gasteiger partial charge in [-0.3, -0.25) is 0 Å². The van der Waals surface area contributed by atoms with Crippen LogP contribution in [0.5, 0.6) is 0 Å². The second-order valence-electron chi connectivity index (χ2n) is 4.03. The van der Waals surface area contributed by atoms with Crippen molar-refractivity contribution in [3.05, 3.63) is 46.8 Å². The van der Waals surface area contributed by atoms with Crippen LogP contribution in [0.25, 0.3) is 0 Å². The quantitative estimate of drug-likeness (QED) is 0.822. The summed E-state index contributed by atoms with van der Waals surface area (Å²) in [6.45, 7) is 4.15. The van der Waals surface area contributed by atoms with Gasteiger partial charge in [-0.05, 0) is 30.5 Å². The van der Waals surface area contributed by atoms with Crippen LogP contribution in [0, 0.1) is 13.8 Å². The van der Waals surface area contributed by atoms with Gasteiger partial charge >= 0.3 is 0 Å². The SMILES string of the molecule is Cc1ccc(CC(O)c2cn[nH]n2)cc1C. The number of hydrogen-bond acceptors (Lipinski definition) is 3. The molecule has 1 aromatic carbocycles. The molecule has 4 heteroatoms. The molecule has 84 valence electrons. The summed E-state index contributed by atoms with van der Waals surface area (Å²) in [6, 6.07) is 6.20. The van der Waals surface area contributed by atoms with Gasteiger partial charge in [0.05, 0.1) is 6.20 Å². The number of nitrogens with zero attached hydrogens (tertiary/aromatic N) is 2. The van der Waals surface area contributed by atoms with E-state index in [-0.39, 0.29) is 0 Å². The van der Waals surface area contributed by atoms with Gasteiger partial charge in [0.15, 0.2) is 0 Å². The van der Waals surface area contributed by atoms with Crippen LogP contribution in [0.3, 0.4) is 0 Å². The van der Waals surface area contributed by atoms with Crippen molar-refractivity contribution in [2.24, 2.45) is 0 Å². The van der Waals surface area contributed by atoms with Gasteiger partial charge in [0, 0.05) is 6.42 Å². The Balaban J connectivity index is 2.12. The first kappa shape index (κ1) is 10.8. The van der Waals surface area contributed by atoms with Gasteiger partial charge in [-0.2, -0.15) is 15.4 Å². The highest BCUT2D eigenvalue weighted by Gasteiger charge is 2.11. The lowest BCUT2D eigenvalue weighted by Gasteiger charge is -2.09. The van der Waals surface area contributed by atoms with Gasteiger partial charge in [0.2, 0.25) is 0 Å². The van der Waals surface area contributed by atoms with Gasteiger partial charge in [-0.25, -0.2) is 0 Å². The Morgan fingerprint density at radius 3 is 2.75 bits per heavy atom. The number of hydrogen-bond donors (Lipinski definition) is 2. The molecule has 1 unspecified atom stereocenters. The lowest BCUT2D eigenvalue weighted by Crippen LogP contribution is -2.02. The first-order chi connectivity index (χ1) is 7.66. The van der Waals surface area contributed by atoms with Crippen molar-refractivity contribution in [3.8, 4) is 0 Å². The fourth-order valence-electron chi connectivity index (χ4n) is 1.63. The first-order valence-electron chi connectivity index (χ1n) is 5.26. The highest BCUT2D eigenvalue weighted by atomic mass is 16.3. The Morgan fingerprint density at radius 2 is 2.12 bits per heavy atom. The molecule has 2 rings (SSSR count). The molecule has 0 radical (unpaired) electrons. The minimum absolute atomic E-state index is 0.563. The Hall–Kier alpha value is -1.68. The van der Waals surface area contributed by atoms with Crippen LogP contribution in [-0.4, -0.2) is 20.5 Å². The third-order valence-electron chi connectivity index (χ3n) is 2.78. The number of nitrogens with one attached hydrogen (secondary N) is 1. The van der Waals surface area contributed by atoms with E-state index in [2.05, 4.69) is 41.4 Å². The van der Waals surface area contributed by atoms with E-state index >= 15 is 0 Å². The summed E-state index contributed by atoms with van der Waals surface area (Å²) in [7, 11) is 0.